The van der Waals surface area contributed by atoms with Gasteiger partial charge in [0.1, 0.15) is 0 Å². The molecule has 0 radical (unpaired) electrons. The minimum absolute atomic E-state index is 0.0240. The van der Waals surface area contributed by atoms with Gasteiger partial charge in [-0.15, -0.1) is 0 Å². The lowest BCUT2D eigenvalue weighted by Crippen LogP contribution is -2.16. The van der Waals surface area contributed by atoms with E-state index in [-0.39, 0.29) is 11.6 Å². The van der Waals surface area contributed by atoms with E-state index in [1.54, 1.807) is 11.6 Å². The summed E-state index contributed by atoms with van der Waals surface area (Å²) in [7, 11) is 1.79. The molecule has 0 saturated heterocycles. The number of benzene rings is 2. The van der Waals surface area contributed by atoms with Crippen molar-refractivity contribution < 1.29 is 0 Å². The van der Waals surface area contributed by atoms with Gasteiger partial charge in [-0.25, -0.2) is 0 Å². The second kappa shape index (κ2) is 5.19. The molecule has 2 aromatic carbocycles. The Morgan fingerprint density at radius 1 is 1.00 bits per heavy atom. The van der Waals surface area contributed by atoms with E-state index >= 15 is 0 Å². The van der Waals surface area contributed by atoms with E-state index in [2.05, 4.69) is 12.1 Å². The molecule has 1 atom stereocenters. The van der Waals surface area contributed by atoms with Gasteiger partial charge in [-0.05, 0) is 29.5 Å². The maximum atomic E-state index is 12.2. The Hall–Kier alpha value is -2.39. The van der Waals surface area contributed by atoms with Gasteiger partial charge in [-0.1, -0.05) is 42.5 Å². The van der Waals surface area contributed by atoms with Crippen LogP contribution in [-0.2, 0) is 7.05 Å². The number of aryl methyl sites for hydroxylation is 1. The molecule has 1 aromatic heterocycles. The first-order chi connectivity index (χ1) is 10.1. The van der Waals surface area contributed by atoms with E-state index in [9.17, 15) is 4.79 Å². The van der Waals surface area contributed by atoms with Crippen molar-refractivity contribution >= 4 is 10.8 Å². The summed E-state index contributed by atoms with van der Waals surface area (Å²) in [5.74, 6) is 0. The minimum atomic E-state index is 0.0240. The standard InChI is InChI=1S/C18H18N2O/c1-12(19)13-7-9-14(10-8-13)17-11-20(2)18(21)16-6-4-3-5-15(16)17/h3-12H,19H2,1-2H3/t12-/m0/s1. The van der Waals surface area contributed by atoms with Crippen LogP contribution in [-0.4, -0.2) is 4.57 Å². The van der Waals surface area contributed by atoms with Crippen LogP contribution in [0.15, 0.2) is 59.5 Å². The smallest absolute Gasteiger partial charge is 0.258 e. The molecular formula is C18H18N2O. The Balaban J connectivity index is 2.25. The molecule has 2 N–H and O–H groups in total. The molecule has 0 unspecified atom stereocenters. The maximum Gasteiger partial charge on any atom is 0.258 e. The normalized spacial score (nSPS) is 12.5. The SMILES string of the molecule is C[C@H](N)c1ccc(-c2cn(C)c(=O)c3ccccc23)cc1. The van der Waals surface area contributed by atoms with Crippen molar-refractivity contribution in [3.8, 4) is 11.1 Å². The highest BCUT2D eigenvalue weighted by Crippen LogP contribution is 2.27. The van der Waals surface area contributed by atoms with E-state index < -0.39 is 0 Å². The number of aromatic nitrogens is 1. The monoisotopic (exact) mass is 278 g/mol. The fraction of sp³-hybridized carbons (Fsp3) is 0.167. The first-order valence-electron chi connectivity index (χ1n) is 7.02. The van der Waals surface area contributed by atoms with E-state index in [1.807, 2.05) is 49.5 Å². The number of nitrogens with two attached hydrogens (primary N) is 1. The highest BCUT2D eigenvalue weighted by molar-refractivity contribution is 5.95. The molecule has 0 amide bonds. The molecule has 3 nitrogen and oxygen atoms in total. The van der Waals surface area contributed by atoms with Gasteiger partial charge in [0.15, 0.2) is 0 Å². The number of hydrogen-bond acceptors (Lipinski definition) is 2. The first-order valence-corrected chi connectivity index (χ1v) is 7.02. The van der Waals surface area contributed by atoms with E-state index in [0.717, 1.165) is 27.5 Å². The first kappa shape index (κ1) is 13.6. The summed E-state index contributed by atoms with van der Waals surface area (Å²) in [5, 5.41) is 1.72. The highest BCUT2D eigenvalue weighted by Gasteiger charge is 2.09. The van der Waals surface area contributed by atoms with Crippen molar-refractivity contribution in [3.63, 3.8) is 0 Å². The van der Waals surface area contributed by atoms with Crippen LogP contribution < -0.4 is 11.3 Å². The summed E-state index contributed by atoms with van der Waals surface area (Å²) in [6.07, 6.45) is 1.89. The zero-order valence-corrected chi connectivity index (χ0v) is 12.2. The molecule has 0 aliphatic rings. The van der Waals surface area contributed by atoms with Gasteiger partial charge < -0.3 is 10.3 Å². The molecule has 0 saturated carbocycles. The zero-order valence-electron chi connectivity index (χ0n) is 12.2. The molecule has 0 bridgehead atoms. The van der Waals surface area contributed by atoms with Crippen molar-refractivity contribution in [2.24, 2.45) is 12.8 Å². The molecule has 3 aromatic rings. The molecule has 0 spiro atoms. The third-order valence-corrected chi connectivity index (χ3v) is 3.84. The van der Waals surface area contributed by atoms with Crippen molar-refractivity contribution in [1.29, 1.82) is 0 Å². The zero-order chi connectivity index (χ0) is 15.0. The predicted octanol–water partition coefficient (Wildman–Crippen LogP) is 3.23. The molecule has 0 aliphatic heterocycles. The Morgan fingerprint density at radius 3 is 2.24 bits per heavy atom. The van der Waals surface area contributed by atoms with Gasteiger partial charge in [-0.3, -0.25) is 4.79 Å². The largest absolute Gasteiger partial charge is 0.324 e. The second-order valence-electron chi connectivity index (χ2n) is 5.42. The van der Waals surface area contributed by atoms with Crippen molar-refractivity contribution in [2.45, 2.75) is 13.0 Å². The molecule has 1 heterocycles. The van der Waals surface area contributed by atoms with Crippen LogP contribution in [0.4, 0.5) is 0 Å². The Bertz CT molecular complexity index is 845. The van der Waals surface area contributed by atoms with Gasteiger partial charge in [0.05, 0.1) is 0 Å². The van der Waals surface area contributed by atoms with Crippen LogP contribution in [0.5, 0.6) is 0 Å². The van der Waals surface area contributed by atoms with Gasteiger partial charge in [0.25, 0.3) is 5.56 Å². The fourth-order valence-electron chi connectivity index (χ4n) is 2.61. The van der Waals surface area contributed by atoms with Gasteiger partial charge in [0, 0.05) is 30.2 Å². The van der Waals surface area contributed by atoms with Crippen LogP contribution in [0, 0.1) is 0 Å². The quantitative estimate of drug-likeness (QED) is 0.782. The topological polar surface area (TPSA) is 48.0 Å². The van der Waals surface area contributed by atoms with E-state index in [4.69, 9.17) is 5.73 Å². The number of pyridine rings is 1. The molecular weight excluding hydrogens is 260 g/mol. The number of fused-ring (bicyclic) bond motifs is 1. The summed E-state index contributed by atoms with van der Waals surface area (Å²) in [6, 6.07) is 15.9. The maximum absolute atomic E-state index is 12.2. The van der Waals surface area contributed by atoms with Gasteiger partial charge >= 0.3 is 0 Å². The van der Waals surface area contributed by atoms with Crippen molar-refractivity contribution in [1.82, 2.24) is 4.57 Å². The van der Waals surface area contributed by atoms with E-state index in [1.165, 1.54) is 0 Å². The van der Waals surface area contributed by atoms with Crippen molar-refractivity contribution in [3.05, 3.63) is 70.6 Å². The van der Waals surface area contributed by atoms with Crippen LogP contribution in [0.1, 0.15) is 18.5 Å². The summed E-state index contributed by atoms with van der Waals surface area (Å²) in [6.45, 7) is 1.97. The lowest BCUT2D eigenvalue weighted by atomic mass is 9.98. The average molecular weight is 278 g/mol. The van der Waals surface area contributed by atoms with Crippen LogP contribution in [0.3, 0.4) is 0 Å². The Kier molecular flexibility index (Phi) is 3.35. The van der Waals surface area contributed by atoms with Crippen LogP contribution in [0.2, 0.25) is 0 Å². The Labute approximate surface area is 123 Å². The van der Waals surface area contributed by atoms with E-state index in [0.29, 0.717) is 0 Å². The highest BCUT2D eigenvalue weighted by atomic mass is 16.1. The molecule has 0 aliphatic carbocycles. The summed E-state index contributed by atoms with van der Waals surface area (Å²) in [5.41, 5.74) is 9.17. The van der Waals surface area contributed by atoms with Crippen LogP contribution in [0.25, 0.3) is 21.9 Å². The summed E-state index contributed by atoms with van der Waals surface area (Å²) < 4.78 is 1.64. The van der Waals surface area contributed by atoms with Crippen LogP contribution >= 0.6 is 0 Å². The minimum Gasteiger partial charge on any atom is -0.324 e. The molecule has 106 valence electrons. The molecule has 21 heavy (non-hydrogen) atoms. The number of hydrogen-bond donors (Lipinski definition) is 1. The van der Waals surface area contributed by atoms with Gasteiger partial charge in [-0.2, -0.15) is 0 Å². The number of rotatable bonds is 2. The van der Waals surface area contributed by atoms with Crippen molar-refractivity contribution in [2.75, 3.05) is 0 Å². The number of nitrogens with zero attached hydrogens (tertiary/aromatic N) is 1. The van der Waals surface area contributed by atoms with Gasteiger partial charge in [0.2, 0.25) is 0 Å². The summed E-state index contributed by atoms with van der Waals surface area (Å²) >= 11 is 0. The lowest BCUT2D eigenvalue weighted by Gasteiger charge is -2.11. The Morgan fingerprint density at radius 2 is 1.62 bits per heavy atom. The molecule has 3 heteroatoms. The molecule has 0 fully saturated rings. The third-order valence-electron chi connectivity index (χ3n) is 3.84. The fourth-order valence-corrected chi connectivity index (χ4v) is 2.61. The lowest BCUT2D eigenvalue weighted by molar-refractivity contribution is 0.818. The predicted molar refractivity (Wildman–Crippen MR) is 87.2 cm³/mol. The second-order valence-corrected chi connectivity index (χ2v) is 5.42. The average Bonchev–Trinajstić information content (AvgIpc) is 2.51. The summed E-state index contributed by atoms with van der Waals surface area (Å²) in [4.78, 5) is 12.2. The molecule has 3 rings (SSSR count). The third kappa shape index (κ3) is 2.36.